The van der Waals surface area contributed by atoms with E-state index in [-0.39, 0.29) is 10.5 Å². The molecule has 7 nitrogen and oxygen atoms in total. The number of nitrogens with zero attached hydrogens (tertiary/aromatic N) is 4. The largest absolute Gasteiger partial charge is 0.282 e. The highest BCUT2D eigenvalue weighted by Gasteiger charge is 2.29. The van der Waals surface area contributed by atoms with Gasteiger partial charge in [-0.1, -0.05) is 60.1 Å². The van der Waals surface area contributed by atoms with Gasteiger partial charge in [-0.25, -0.2) is 13.1 Å². The van der Waals surface area contributed by atoms with Crippen molar-refractivity contribution in [3.63, 3.8) is 0 Å². The Kier molecular flexibility index (Phi) is 6.22. The summed E-state index contributed by atoms with van der Waals surface area (Å²) in [6.07, 6.45) is 0. The molecule has 34 heavy (non-hydrogen) atoms. The molecule has 0 aliphatic carbocycles. The average molecular weight is 495 g/mol. The van der Waals surface area contributed by atoms with Crippen molar-refractivity contribution in [2.24, 2.45) is 0 Å². The normalized spacial score (nSPS) is 15.6. The molecule has 0 spiro atoms. The molecule has 1 saturated heterocycles. The van der Waals surface area contributed by atoms with Crippen LogP contribution in [0.3, 0.4) is 0 Å². The zero-order valence-corrected chi connectivity index (χ0v) is 19.9. The number of rotatable bonds is 5. The second-order valence-electron chi connectivity index (χ2n) is 8.18. The first-order valence-corrected chi connectivity index (χ1v) is 12.8. The minimum atomic E-state index is -3.59. The van der Waals surface area contributed by atoms with Crippen LogP contribution in [0.25, 0.3) is 22.0 Å². The molecule has 1 aromatic heterocycles. The molecule has 0 radical (unpaired) electrons. The predicted molar refractivity (Wildman–Crippen MR) is 133 cm³/mol. The Morgan fingerprint density at radius 2 is 1.41 bits per heavy atom. The van der Waals surface area contributed by atoms with Gasteiger partial charge in [0.25, 0.3) is 5.56 Å². The Morgan fingerprint density at radius 1 is 0.794 bits per heavy atom. The van der Waals surface area contributed by atoms with Crippen LogP contribution in [-0.4, -0.2) is 53.6 Å². The minimum Gasteiger partial charge on any atom is -0.282 e. The molecule has 0 atom stereocenters. The molecule has 1 fully saturated rings. The molecule has 0 saturated carbocycles. The van der Waals surface area contributed by atoms with Crippen molar-refractivity contribution in [3.05, 3.63) is 94.2 Å². The van der Waals surface area contributed by atoms with Crippen molar-refractivity contribution in [2.45, 2.75) is 11.6 Å². The third kappa shape index (κ3) is 4.37. The molecule has 9 heteroatoms. The second-order valence-corrected chi connectivity index (χ2v) is 10.6. The predicted octanol–water partition coefficient (Wildman–Crippen LogP) is 3.68. The summed E-state index contributed by atoms with van der Waals surface area (Å²) in [6.45, 7) is 1.94. The maximum absolute atomic E-state index is 13.2. The Balaban J connectivity index is 1.38. The van der Waals surface area contributed by atoms with E-state index in [4.69, 9.17) is 16.7 Å². The summed E-state index contributed by atoms with van der Waals surface area (Å²) < 4.78 is 28.9. The molecule has 0 unspecified atom stereocenters. The van der Waals surface area contributed by atoms with Crippen molar-refractivity contribution in [1.82, 2.24) is 19.0 Å². The van der Waals surface area contributed by atoms with Gasteiger partial charge in [0.1, 0.15) is 0 Å². The van der Waals surface area contributed by atoms with Crippen LogP contribution < -0.4 is 5.56 Å². The molecule has 0 N–H and O–H groups in total. The third-order valence-electron chi connectivity index (χ3n) is 6.03. The number of benzene rings is 3. The van der Waals surface area contributed by atoms with Crippen LogP contribution in [0.4, 0.5) is 0 Å². The molecular weight excluding hydrogens is 472 g/mol. The summed E-state index contributed by atoms with van der Waals surface area (Å²) >= 11 is 5.89. The van der Waals surface area contributed by atoms with Crippen molar-refractivity contribution >= 4 is 32.4 Å². The fourth-order valence-corrected chi connectivity index (χ4v) is 5.74. The zero-order chi connectivity index (χ0) is 23.7. The van der Waals surface area contributed by atoms with Crippen LogP contribution in [0.15, 0.2) is 88.6 Å². The summed E-state index contributed by atoms with van der Waals surface area (Å²) in [5, 5.41) is 6.62. The van der Waals surface area contributed by atoms with Gasteiger partial charge in [-0.05, 0) is 30.3 Å². The van der Waals surface area contributed by atoms with Gasteiger partial charge in [-0.15, -0.1) is 0 Å². The van der Waals surface area contributed by atoms with Crippen LogP contribution in [0.5, 0.6) is 0 Å². The van der Waals surface area contributed by atoms with Gasteiger partial charge in [0.05, 0.1) is 22.6 Å². The van der Waals surface area contributed by atoms with E-state index in [1.165, 1.54) is 21.1 Å². The summed E-state index contributed by atoms with van der Waals surface area (Å²) in [5.74, 6) is 0. The van der Waals surface area contributed by atoms with Crippen molar-refractivity contribution in [3.8, 4) is 11.3 Å². The van der Waals surface area contributed by atoms with Gasteiger partial charge in [0, 0.05) is 42.2 Å². The highest BCUT2D eigenvalue weighted by Crippen LogP contribution is 2.25. The van der Waals surface area contributed by atoms with E-state index >= 15 is 0 Å². The van der Waals surface area contributed by atoms with Gasteiger partial charge in [-0.2, -0.15) is 9.40 Å². The summed E-state index contributed by atoms with van der Waals surface area (Å²) in [6, 6.07) is 23.5. The molecule has 5 rings (SSSR count). The van der Waals surface area contributed by atoms with Crippen LogP contribution in [-0.2, 0) is 16.7 Å². The first-order valence-electron chi connectivity index (χ1n) is 11.0. The lowest BCUT2D eigenvalue weighted by molar-refractivity contribution is 0.143. The lowest BCUT2D eigenvalue weighted by atomic mass is 10.1. The van der Waals surface area contributed by atoms with Crippen LogP contribution in [0, 0.1) is 0 Å². The van der Waals surface area contributed by atoms with E-state index in [9.17, 15) is 13.2 Å². The number of piperazine rings is 1. The van der Waals surface area contributed by atoms with Gasteiger partial charge in [0.15, 0.2) is 0 Å². The Labute approximate surface area is 202 Å². The van der Waals surface area contributed by atoms with E-state index < -0.39 is 10.0 Å². The summed E-state index contributed by atoms with van der Waals surface area (Å²) in [7, 11) is -3.59. The number of hydrogen-bond acceptors (Lipinski definition) is 5. The average Bonchev–Trinajstić information content (AvgIpc) is 2.87. The highest BCUT2D eigenvalue weighted by molar-refractivity contribution is 7.89. The second kappa shape index (κ2) is 9.31. The molecule has 0 amide bonds. The smallest absolute Gasteiger partial charge is 0.275 e. The molecular formula is C25H23ClN4O3S. The van der Waals surface area contributed by atoms with E-state index in [0.717, 1.165) is 16.6 Å². The molecule has 174 valence electrons. The Hall–Kier alpha value is -3.04. The van der Waals surface area contributed by atoms with E-state index in [0.29, 0.717) is 43.3 Å². The van der Waals surface area contributed by atoms with Crippen molar-refractivity contribution < 1.29 is 8.42 Å². The lowest BCUT2D eigenvalue weighted by Gasteiger charge is -2.33. The monoisotopic (exact) mass is 494 g/mol. The first-order chi connectivity index (χ1) is 16.4. The maximum Gasteiger partial charge on any atom is 0.275 e. The van der Waals surface area contributed by atoms with Gasteiger partial charge < -0.3 is 0 Å². The van der Waals surface area contributed by atoms with Crippen molar-refractivity contribution in [2.75, 3.05) is 26.2 Å². The summed E-state index contributed by atoms with van der Waals surface area (Å²) in [4.78, 5) is 15.5. The fraction of sp³-hybridized carbons (Fsp3) is 0.200. The van der Waals surface area contributed by atoms with E-state index in [1.54, 1.807) is 12.1 Å². The number of sulfonamides is 1. The summed E-state index contributed by atoms with van der Waals surface area (Å²) in [5.41, 5.74) is 1.53. The third-order valence-corrected chi connectivity index (χ3v) is 8.20. The molecule has 4 aromatic rings. The van der Waals surface area contributed by atoms with Crippen molar-refractivity contribution in [1.29, 1.82) is 0 Å². The molecule has 1 aliphatic rings. The van der Waals surface area contributed by atoms with Gasteiger partial charge in [-0.3, -0.25) is 9.69 Å². The maximum atomic E-state index is 13.2. The Bertz CT molecular complexity index is 1480. The molecule has 1 aliphatic heterocycles. The SMILES string of the molecule is O=c1c2ccccc2c(-c2ccccc2)nn1CN1CCN(S(=O)(=O)c2ccc(Cl)cc2)CC1. The number of aromatic nitrogens is 2. The zero-order valence-electron chi connectivity index (χ0n) is 18.3. The van der Waals surface area contributed by atoms with Gasteiger partial charge in [0.2, 0.25) is 10.0 Å². The molecule has 2 heterocycles. The first kappa shape index (κ1) is 22.7. The number of halogens is 1. The van der Waals surface area contributed by atoms with Crippen LogP contribution in [0.1, 0.15) is 0 Å². The van der Waals surface area contributed by atoms with E-state index in [1.807, 2.05) is 59.5 Å². The molecule has 0 bridgehead atoms. The minimum absolute atomic E-state index is 0.161. The topological polar surface area (TPSA) is 75.5 Å². The quantitative estimate of drug-likeness (QED) is 0.423. The fourth-order valence-electron chi connectivity index (χ4n) is 4.20. The number of fused-ring (bicyclic) bond motifs is 1. The standard InChI is InChI=1S/C25H23ClN4O3S/c26-20-10-12-21(13-11-20)34(32,33)29-16-14-28(15-17-29)18-30-25(31)23-9-5-4-8-22(23)24(27-30)19-6-2-1-3-7-19/h1-13H,14-18H2. The van der Waals surface area contributed by atoms with Crippen LogP contribution >= 0.6 is 11.6 Å². The van der Waals surface area contributed by atoms with E-state index in [2.05, 4.69) is 0 Å². The highest BCUT2D eigenvalue weighted by atomic mass is 35.5. The van der Waals surface area contributed by atoms with Gasteiger partial charge >= 0.3 is 0 Å². The van der Waals surface area contributed by atoms with Crippen LogP contribution in [0.2, 0.25) is 5.02 Å². The molecule has 3 aromatic carbocycles. The lowest BCUT2D eigenvalue weighted by Crippen LogP contribution is -2.49. The Morgan fingerprint density at radius 3 is 2.09 bits per heavy atom. The number of hydrogen-bond donors (Lipinski definition) is 0.